The molecule has 0 heterocycles. The van der Waals surface area contributed by atoms with Crippen molar-refractivity contribution in [3.8, 4) is 0 Å². The van der Waals surface area contributed by atoms with Gasteiger partial charge in [0.15, 0.2) is 0 Å². The van der Waals surface area contributed by atoms with Gasteiger partial charge in [0.2, 0.25) is 0 Å². The summed E-state index contributed by atoms with van der Waals surface area (Å²) in [6.07, 6.45) is 0. The molecule has 0 bridgehead atoms. The Hall–Kier alpha value is -1.88. The van der Waals surface area contributed by atoms with E-state index in [9.17, 15) is 9.18 Å². The highest BCUT2D eigenvalue weighted by atomic mass is 79.9. The topological polar surface area (TPSA) is 55.1 Å². The van der Waals surface area contributed by atoms with E-state index in [1.165, 1.54) is 6.07 Å². The van der Waals surface area contributed by atoms with E-state index in [-0.39, 0.29) is 5.69 Å². The predicted molar refractivity (Wildman–Crippen MR) is 77.6 cm³/mol. The van der Waals surface area contributed by atoms with E-state index in [0.29, 0.717) is 11.3 Å². The van der Waals surface area contributed by atoms with Gasteiger partial charge in [-0.05, 0) is 42.8 Å². The third-order valence-corrected chi connectivity index (χ3v) is 3.12. The van der Waals surface area contributed by atoms with Crippen LogP contribution in [0.1, 0.15) is 15.9 Å². The number of halogens is 2. The average Bonchev–Trinajstić information content (AvgIpc) is 2.36. The summed E-state index contributed by atoms with van der Waals surface area (Å²) in [5.74, 6) is -0.921. The third-order valence-electron chi connectivity index (χ3n) is 2.63. The molecule has 0 atom stereocenters. The van der Waals surface area contributed by atoms with Crippen LogP contribution in [0.15, 0.2) is 40.9 Å². The first-order valence-corrected chi connectivity index (χ1v) is 6.39. The standard InChI is InChI=1S/C14H12BrFN2O/c1-8-2-4-11(16)13(6-8)18-14(19)10-7-9(15)3-5-12(10)17/h2-7H,17H2,1H3,(H,18,19). The van der Waals surface area contributed by atoms with Gasteiger partial charge in [-0.3, -0.25) is 4.79 Å². The zero-order valence-electron chi connectivity index (χ0n) is 10.2. The van der Waals surface area contributed by atoms with Gasteiger partial charge in [0.1, 0.15) is 5.82 Å². The van der Waals surface area contributed by atoms with Gasteiger partial charge in [-0.25, -0.2) is 4.39 Å². The maximum absolute atomic E-state index is 13.6. The van der Waals surface area contributed by atoms with E-state index in [1.807, 2.05) is 6.92 Å². The lowest BCUT2D eigenvalue weighted by atomic mass is 10.1. The normalized spacial score (nSPS) is 10.3. The van der Waals surface area contributed by atoms with Crippen molar-refractivity contribution >= 4 is 33.2 Å². The van der Waals surface area contributed by atoms with Crippen molar-refractivity contribution in [1.82, 2.24) is 0 Å². The highest BCUT2D eigenvalue weighted by Gasteiger charge is 2.12. The molecule has 0 saturated heterocycles. The van der Waals surface area contributed by atoms with Gasteiger partial charge in [-0.15, -0.1) is 0 Å². The molecule has 0 fully saturated rings. The summed E-state index contributed by atoms with van der Waals surface area (Å²) in [6, 6.07) is 9.47. The average molecular weight is 323 g/mol. The van der Waals surface area contributed by atoms with Gasteiger partial charge in [-0.2, -0.15) is 0 Å². The second-order valence-electron chi connectivity index (χ2n) is 4.17. The van der Waals surface area contributed by atoms with Crippen LogP contribution >= 0.6 is 15.9 Å². The molecular weight excluding hydrogens is 311 g/mol. The Bertz CT molecular complexity index is 643. The van der Waals surface area contributed by atoms with Gasteiger partial charge >= 0.3 is 0 Å². The number of nitrogens with one attached hydrogen (secondary N) is 1. The molecule has 5 heteroatoms. The Morgan fingerprint density at radius 2 is 2.00 bits per heavy atom. The van der Waals surface area contributed by atoms with Crippen LogP contribution in [0.4, 0.5) is 15.8 Å². The smallest absolute Gasteiger partial charge is 0.257 e. The number of carbonyl (C=O) groups is 1. The molecular formula is C14H12BrFN2O. The summed E-state index contributed by atoms with van der Waals surface area (Å²) in [5.41, 5.74) is 7.38. The Morgan fingerprint density at radius 1 is 1.26 bits per heavy atom. The number of nitrogen functional groups attached to an aromatic ring is 1. The molecule has 3 N–H and O–H groups in total. The van der Waals surface area contributed by atoms with E-state index < -0.39 is 11.7 Å². The number of hydrogen-bond acceptors (Lipinski definition) is 2. The Morgan fingerprint density at radius 3 is 2.74 bits per heavy atom. The number of aryl methyl sites for hydroxylation is 1. The fourth-order valence-electron chi connectivity index (χ4n) is 1.65. The van der Waals surface area contributed by atoms with E-state index in [0.717, 1.165) is 10.0 Å². The molecule has 0 aliphatic heterocycles. The van der Waals surface area contributed by atoms with Crippen LogP contribution < -0.4 is 11.1 Å². The first-order valence-electron chi connectivity index (χ1n) is 5.60. The predicted octanol–water partition coefficient (Wildman–Crippen LogP) is 3.73. The van der Waals surface area contributed by atoms with Gasteiger partial charge in [0.25, 0.3) is 5.91 Å². The van der Waals surface area contributed by atoms with Crippen molar-refractivity contribution < 1.29 is 9.18 Å². The number of hydrogen-bond donors (Lipinski definition) is 2. The summed E-state index contributed by atoms with van der Waals surface area (Å²) >= 11 is 3.27. The van der Waals surface area contributed by atoms with Crippen LogP contribution in [0.3, 0.4) is 0 Å². The Labute approximate surface area is 118 Å². The van der Waals surface area contributed by atoms with Gasteiger partial charge < -0.3 is 11.1 Å². The molecule has 0 aromatic heterocycles. The third kappa shape index (κ3) is 3.12. The molecule has 1 amide bonds. The SMILES string of the molecule is Cc1ccc(F)c(NC(=O)c2cc(Br)ccc2N)c1. The fraction of sp³-hybridized carbons (Fsp3) is 0.0714. The second kappa shape index (κ2) is 5.40. The quantitative estimate of drug-likeness (QED) is 0.828. The lowest BCUT2D eigenvalue weighted by Crippen LogP contribution is -2.15. The summed E-state index contributed by atoms with van der Waals surface area (Å²) in [5, 5.41) is 2.52. The van der Waals surface area contributed by atoms with Crippen molar-refractivity contribution in [3.05, 3.63) is 57.8 Å². The number of rotatable bonds is 2. The van der Waals surface area contributed by atoms with Gasteiger partial charge in [0.05, 0.1) is 11.3 Å². The van der Waals surface area contributed by atoms with Crippen molar-refractivity contribution in [2.75, 3.05) is 11.1 Å². The minimum atomic E-state index is -0.479. The Kier molecular flexibility index (Phi) is 3.85. The van der Waals surface area contributed by atoms with Crippen molar-refractivity contribution in [3.63, 3.8) is 0 Å². The summed E-state index contributed by atoms with van der Waals surface area (Å²) in [7, 11) is 0. The second-order valence-corrected chi connectivity index (χ2v) is 5.08. The zero-order chi connectivity index (χ0) is 14.0. The van der Waals surface area contributed by atoms with Crippen molar-refractivity contribution in [2.24, 2.45) is 0 Å². The van der Waals surface area contributed by atoms with Crippen LogP contribution in [-0.4, -0.2) is 5.91 Å². The molecule has 2 rings (SSSR count). The fourth-order valence-corrected chi connectivity index (χ4v) is 2.01. The molecule has 3 nitrogen and oxygen atoms in total. The molecule has 19 heavy (non-hydrogen) atoms. The lowest BCUT2D eigenvalue weighted by Gasteiger charge is -2.09. The van der Waals surface area contributed by atoms with Gasteiger partial charge in [0, 0.05) is 10.2 Å². The van der Waals surface area contributed by atoms with Gasteiger partial charge in [-0.1, -0.05) is 22.0 Å². The monoisotopic (exact) mass is 322 g/mol. The molecule has 98 valence electrons. The molecule has 0 aliphatic carbocycles. The Balaban J connectivity index is 2.30. The lowest BCUT2D eigenvalue weighted by molar-refractivity contribution is 0.102. The summed E-state index contributed by atoms with van der Waals surface area (Å²) < 4.78 is 14.3. The molecule has 0 unspecified atom stereocenters. The highest BCUT2D eigenvalue weighted by molar-refractivity contribution is 9.10. The van der Waals surface area contributed by atoms with E-state index >= 15 is 0 Å². The van der Waals surface area contributed by atoms with Crippen LogP contribution in [-0.2, 0) is 0 Å². The van der Waals surface area contributed by atoms with Crippen LogP contribution in [0.25, 0.3) is 0 Å². The summed E-state index contributed by atoms with van der Waals surface area (Å²) in [4.78, 5) is 12.1. The molecule has 0 aliphatic rings. The first-order chi connectivity index (χ1) is 8.97. The van der Waals surface area contributed by atoms with Crippen LogP contribution in [0.2, 0.25) is 0 Å². The molecule has 0 saturated carbocycles. The number of anilines is 2. The van der Waals surface area contributed by atoms with Crippen molar-refractivity contribution in [1.29, 1.82) is 0 Å². The molecule has 2 aromatic carbocycles. The number of nitrogens with two attached hydrogens (primary N) is 1. The first kappa shape index (κ1) is 13.5. The van der Waals surface area contributed by atoms with Crippen LogP contribution in [0.5, 0.6) is 0 Å². The number of benzene rings is 2. The highest BCUT2D eigenvalue weighted by Crippen LogP contribution is 2.21. The molecule has 2 aromatic rings. The number of amides is 1. The minimum Gasteiger partial charge on any atom is -0.398 e. The maximum atomic E-state index is 13.6. The van der Waals surface area contributed by atoms with E-state index in [1.54, 1.807) is 30.3 Å². The zero-order valence-corrected chi connectivity index (χ0v) is 11.8. The maximum Gasteiger partial charge on any atom is 0.257 e. The summed E-state index contributed by atoms with van der Waals surface area (Å²) in [6.45, 7) is 1.82. The largest absolute Gasteiger partial charge is 0.398 e. The van der Waals surface area contributed by atoms with E-state index in [4.69, 9.17) is 5.73 Å². The van der Waals surface area contributed by atoms with Crippen molar-refractivity contribution in [2.45, 2.75) is 6.92 Å². The number of carbonyl (C=O) groups excluding carboxylic acids is 1. The van der Waals surface area contributed by atoms with Crippen LogP contribution in [0, 0.1) is 12.7 Å². The molecule has 0 radical (unpaired) electrons. The molecule has 0 spiro atoms. The van der Waals surface area contributed by atoms with E-state index in [2.05, 4.69) is 21.2 Å². The minimum absolute atomic E-state index is 0.143.